The highest BCUT2D eigenvalue weighted by Crippen LogP contribution is 2.39. The fourth-order valence-corrected chi connectivity index (χ4v) is 5.30. The van der Waals surface area contributed by atoms with Crippen LogP contribution < -0.4 is 0 Å². The highest BCUT2D eigenvalue weighted by atomic mass is 19.3. The number of aromatic nitrogens is 2. The first-order valence-corrected chi connectivity index (χ1v) is 13.7. The lowest BCUT2D eigenvalue weighted by Gasteiger charge is -2.20. The summed E-state index contributed by atoms with van der Waals surface area (Å²) >= 11 is 0. The molecule has 0 fully saturated rings. The molecule has 0 amide bonds. The van der Waals surface area contributed by atoms with Crippen molar-refractivity contribution >= 4 is 18.6 Å². The minimum Gasteiger partial charge on any atom is -0.568 e. The molecule has 0 atom stereocenters. The van der Waals surface area contributed by atoms with Gasteiger partial charge in [0, 0.05) is 22.5 Å². The number of H-pyrrole nitrogens is 2. The maximum absolute atomic E-state index is 15.3. The number of aromatic amines is 2. The Hall–Kier alpha value is -5.43. The molecule has 204 valence electrons. The normalized spacial score (nSPS) is 14.1. The number of halogens is 2. The predicted octanol–water partition coefficient (Wildman–Crippen LogP) is 9.18. The first kappa shape index (κ1) is 25.5. The molecule has 7 heteroatoms. The molecule has 3 heterocycles. The van der Waals surface area contributed by atoms with Crippen LogP contribution in [0.4, 0.5) is 8.63 Å². The summed E-state index contributed by atoms with van der Waals surface area (Å²) in [4.78, 5) is 6.72. The van der Waals surface area contributed by atoms with E-state index in [1.165, 1.54) is 0 Å². The van der Waals surface area contributed by atoms with E-state index in [0.29, 0.717) is 11.4 Å². The summed E-state index contributed by atoms with van der Waals surface area (Å²) < 4.78 is 41.2. The van der Waals surface area contributed by atoms with Crippen LogP contribution in [0, 0.1) is 0 Å². The van der Waals surface area contributed by atoms with E-state index in [4.69, 9.17) is 9.00 Å². The van der Waals surface area contributed by atoms with E-state index >= 15 is 8.63 Å². The summed E-state index contributed by atoms with van der Waals surface area (Å²) in [6.07, 6.45) is 1.54. The number of hydrogen-bond donors (Lipinski definition) is 2. The van der Waals surface area contributed by atoms with Gasteiger partial charge in [-0.25, -0.2) is 0 Å². The number of carbonyl (C=O) groups excluding carboxylic acids is 1. The molecule has 4 aromatic carbocycles. The number of hydrogen-bond acceptors (Lipinski definition) is 1. The van der Waals surface area contributed by atoms with Crippen LogP contribution in [-0.4, -0.2) is 22.9 Å². The maximum atomic E-state index is 15.3. The highest BCUT2D eigenvalue weighted by Gasteiger charge is 2.54. The summed E-state index contributed by atoms with van der Waals surface area (Å²) in [6, 6.07) is 42.7. The SMILES string of the molecule is F[B-]1(F)OC(c2[nH]c(-c3ccccc3)cc2-c2ccccc2)=CC(c2[nH]c(-c3ccccc3)cc2-c2ccccc2)=[O+]1. The molecule has 42 heavy (non-hydrogen) atoms. The quantitative estimate of drug-likeness (QED) is 0.157. The van der Waals surface area contributed by atoms with E-state index in [0.717, 1.165) is 44.8 Å². The Labute approximate surface area is 241 Å². The van der Waals surface area contributed by atoms with E-state index in [2.05, 4.69) is 9.97 Å². The molecule has 1 aliphatic heterocycles. The minimum absolute atomic E-state index is 0.00263. The molecule has 2 aromatic heterocycles. The van der Waals surface area contributed by atoms with Crippen LogP contribution in [0.1, 0.15) is 15.7 Å². The maximum Gasteiger partial charge on any atom is 0.995 e. The summed E-state index contributed by atoms with van der Waals surface area (Å²) in [5, 5.41) is 0. The van der Waals surface area contributed by atoms with Crippen molar-refractivity contribution in [3.8, 4) is 44.8 Å². The number of nitrogens with one attached hydrogen (secondary N) is 2. The topological polar surface area (TPSA) is 52.1 Å². The average molecular weight is 554 g/mol. The third kappa shape index (κ3) is 4.97. The van der Waals surface area contributed by atoms with E-state index in [-0.39, 0.29) is 11.5 Å². The predicted molar refractivity (Wildman–Crippen MR) is 165 cm³/mol. The Morgan fingerprint density at radius 3 is 1.40 bits per heavy atom. The van der Waals surface area contributed by atoms with Crippen molar-refractivity contribution < 1.29 is 17.6 Å². The van der Waals surface area contributed by atoms with Crippen LogP contribution in [0.2, 0.25) is 0 Å². The van der Waals surface area contributed by atoms with Crippen molar-refractivity contribution in [3.05, 3.63) is 151 Å². The Kier molecular flexibility index (Phi) is 6.40. The lowest BCUT2D eigenvalue weighted by atomic mass is 9.99. The van der Waals surface area contributed by atoms with Crippen molar-refractivity contribution in [2.24, 2.45) is 0 Å². The molecule has 0 spiro atoms. The molecule has 0 unspecified atom stereocenters. The highest BCUT2D eigenvalue weighted by molar-refractivity contribution is 6.52. The second kappa shape index (κ2) is 10.5. The molecule has 4 nitrogen and oxygen atoms in total. The van der Waals surface area contributed by atoms with Crippen molar-refractivity contribution in [1.29, 1.82) is 0 Å². The van der Waals surface area contributed by atoms with E-state index < -0.39 is 7.11 Å². The second-order valence-corrected chi connectivity index (χ2v) is 10.1. The van der Waals surface area contributed by atoms with E-state index in [1.807, 2.05) is 133 Å². The van der Waals surface area contributed by atoms with Gasteiger partial charge in [0.1, 0.15) is 11.5 Å². The Balaban J connectivity index is 1.40. The largest absolute Gasteiger partial charge is 0.995 e. The first-order chi connectivity index (χ1) is 20.5. The van der Waals surface area contributed by atoms with Crippen LogP contribution in [0.3, 0.4) is 0 Å². The van der Waals surface area contributed by atoms with Crippen molar-refractivity contribution in [3.63, 3.8) is 0 Å². The molecule has 1 aliphatic rings. The van der Waals surface area contributed by atoms with E-state index in [1.54, 1.807) is 6.08 Å². The molecule has 0 saturated heterocycles. The molecule has 0 bridgehead atoms. The Morgan fingerprint density at radius 1 is 0.524 bits per heavy atom. The van der Waals surface area contributed by atoms with Crippen molar-refractivity contribution in [1.82, 2.24) is 9.97 Å². The molecule has 0 radical (unpaired) electrons. The summed E-state index contributed by atoms with van der Waals surface area (Å²) in [5.41, 5.74) is 7.55. The standard InChI is InChI=1S/C35H25BF2N2O2/c37-36(38)41-32(34-28(24-13-5-1-6-14-24)21-30(39-34)26-17-9-3-10-18-26)23-33(42-36)35-29(25-15-7-2-8-16-25)22-31(40-35)27-19-11-4-12-20-27/h1-23,39-40H. The second-order valence-electron chi connectivity index (χ2n) is 10.1. The molecular formula is C35H25BF2N2O2. The first-order valence-electron chi connectivity index (χ1n) is 13.7. The van der Waals surface area contributed by atoms with Crippen LogP contribution in [-0.2, 0) is 4.65 Å². The zero-order chi connectivity index (χ0) is 28.5. The van der Waals surface area contributed by atoms with Crippen LogP contribution in [0.5, 0.6) is 0 Å². The third-order valence-electron chi connectivity index (χ3n) is 7.26. The summed E-state index contributed by atoms with van der Waals surface area (Å²) in [6.45, 7) is 0. The fraction of sp³-hybridized carbons (Fsp3) is 0. The van der Waals surface area contributed by atoms with Crippen molar-refractivity contribution in [2.75, 3.05) is 0 Å². The van der Waals surface area contributed by atoms with E-state index in [9.17, 15) is 0 Å². The third-order valence-corrected chi connectivity index (χ3v) is 7.26. The number of benzene rings is 4. The smallest absolute Gasteiger partial charge is 0.568 e. The number of rotatable bonds is 6. The molecular weight excluding hydrogens is 529 g/mol. The average Bonchev–Trinajstić information content (AvgIpc) is 3.68. The van der Waals surface area contributed by atoms with Crippen molar-refractivity contribution in [2.45, 2.75) is 0 Å². The molecule has 7 rings (SSSR count). The lowest BCUT2D eigenvalue weighted by Crippen LogP contribution is -2.31. The van der Waals surface area contributed by atoms with Crippen LogP contribution in [0.25, 0.3) is 50.5 Å². The van der Waals surface area contributed by atoms with Gasteiger partial charge in [0.05, 0.1) is 11.8 Å². The van der Waals surface area contributed by atoms with Gasteiger partial charge in [-0.05, 0) is 34.4 Å². The summed E-state index contributed by atoms with van der Waals surface area (Å²) in [7, 11) is -4.67. The van der Waals surface area contributed by atoms with Gasteiger partial charge in [-0.3, -0.25) is 0 Å². The molecule has 2 N–H and O–H groups in total. The molecule has 0 saturated carbocycles. The molecule has 6 aromatic rings. The Bertz CT molecular complexity index is 1910. The lowest BCUT2D eigenvalue weighted by molar-refractivity contribution is -0.183. The van der Waals surface area contributed by atoms with Gasteiger partial charge in [-0.1, -0.05) is 121 Å². The zero-order valence-electron chi connectivity index (χ0n) is 22.4. The Morgan fingerprint density at radius 2 is 0.929 bits per heavy atom. The number of allylic oxidation sites excluding steroid dienone is 1. The summed E-state index contributed by atoms with van der Waals surface area (Å²) in [5.74, 6) is -0.00526. The fourth-order valence-electron chi connectivity index (χ4n) is 5.30. The van der Waals surface area contributed by atoms with Gasteiger partial charge < -0.3 is 27.6 Å². The number of ketones is 1. The van der Waals surface area contributed by atoms with Gasteiger partial charge in [-0.2, -0.15) is 0 Å². The molecule has 0 aliphatic carbocycles. The van der Waals surface area contributed by atoms with Gasteiger partial charge in [0.15, 0.2) is 0 Å². The van der Waals surface area contributed by atoms with Gasteiger partial charge >= 0.3 is 12.9 Å². The zero-order valence-corrected chi connectivity index (χ0v) is 22.4. The van der Waals surface area contributed by atoms with Gasteiger partial charge in [0.25, 0.3) is 0 Å². The minimum atomic E-state index is -4.67. The van der Waals surface area contributed by atoms with Gasteiger partial charge in [-0.15, -0.1) is 0 Å². The van der Waals surface area contributed by atoms with Gasteiger partial charge in [0.2, 0.25) is 0 Å². The van der Waals surface area contributed by atoms with Crippen LogP contribution in [0.15, 0.2) is 140 Å². The van der Waals surface area contributed by atoms with Crippen LogP contribution >= 0.6 is 0 Å². The monoisotopic (exact) mass is 554 g/mol.